The summed E-state index contributed by atoms with van der Waals surface area (Å²) in [6.07, 6.45) is 1.04. The highest BCUT2D eigenvalue weighted by molar-refractivity contribution is 7.12. The summed E-state index contributed by atoms with van der Waals surface area (Å²) in [6, 6.07) is 10.4. The van der Waals surface area contributed by atoms with Gasteiger partial charge in [-0.3, -0.25) is 0 Å². The minimum atomic E-state index is 0.616. The van der Waals surface area contributed by atoms with Gasteiger partial charge in [0.05, 0.1) is 12.3 Å². The molecule has 3 nitrogen and oxygen atoms in total. The fourth-order valence-corrected chi connectivity index (χ4v) is 2.94. The Labute approximate surface area is 125 Å². The summed E-state index contributed by atoms with van der Waals surface area (Å²) < 4.78 is 5.61. The number of hydrogen-bond donors (Lipinski definition) is 1. The molecule has 0 atom stereocenters. The van der Waals surface area contributed by atoms with Gasteiger partial charge in [0, 0.05) is 23.6 Å². The van der Waals surface area contributed by atoms with E-state index in [2.05, 4.69) is 43.4 Å². The number of nitrogens with zero attached hydrogens (tertiary/aromatic N) is 1. The first-order valence-corrected chi connectivity index (χ1v) is 7.99. The Morgan fingerprint density at radius 3 is 2.70 bits per heavy atom. The monoisotopic (exact) mass is 290 g/mol. The van der Waals surface area contributed by atoms with Gasteiger partial charge in [-0.25, -0.2) is 4.98 Å². The number of thiazole rings is 1. The maximum absolute atomic E-state index is 5.61. The summed E-state index contributed by atoms with van der Waals surface area (Å²) in [7, 11) is 0. The van der Waals surface area contributed by atoms with Gasteiger partial charge in [-0.05, 0) is 13.0 Å². The highest BCUT2D eigenvalue weighted by atomic mass is 32.1. The fraction of sp³-hybridized carbons (Fsp3) is 0.438. The average Bonchev–Trinajstić information content (AvgIpc) is 2.89. The van der Waals surface area contributed by atoms with Crippen molar-refractivity contribution in [2.24, 2.45) is 0 Å². The molecule has 0 aliphatic rings. The van der Waals surface area contributed by atoms with Crippen LogP contribution in [0.25, 0.3) is 11.3 Å². The summed E-state index contributed by atoms with van der Waals surface area (Å²) in [5, 5.41) is 4.45. The van der Waals surface area contributed by atoms with E-state index in [1.165, 1.54) is 10.4 Å². The molecule has 0 bridgehead atoms. The molecule has 4 heteroatoms. The minimum Gasteiger partial charge on any atom is -0.374 e. The van der Waals surface area contributed by atoms with Crippen LogP contribution in [0.4, 0.5) is 0 Å². The second-order valence-electron chi connectivity index (χ2n) is 4.58. The number of benzene rings is 1. The topological polar surface area (TPSA) is 34.1 Å². The largest absolute Gasteiger partial charge is 0.374 e. The molecule has 0 radical (unpaired) electrons. The lowest BCUT2D eigenvalue weighted by molar-refractivity contribution is 0.121. The second-order valence-corrected chi connectivity index (χ2v) is 5.75. The molecular formula is C16H22N2OS. The molecule has 20 heavy (non-hydrogen) atoms. The Kier molecular flexibility index (Phi) is 6.18. The zero-order chi connectivity index (χ0) is 14.2. The molecule has 1 aromatic heterocycles. The van der Waals surface area contributed by atoms with Crippen LogP contribution in [-0.2, 0) is 17.9 Å². The molecule has 0 saturated heterocycles. The standard InChI is InChI=1S/C16H22N2OS/c1-3-10-19-12-15-18-16(13-8-6-5-7-9-13)14(20-15)11-17-4-2/h5-9,17H,3-4,10-12H2,1-2H3. The summed E-state index contributed by atoms with van der Waals surface area (Å²) in [5.74, 6) is 0. The van der Waals surface area contributed by atoms with Gasteiger partial charge in [0.25, 0.3) is 0 Å². The van der Waals surface area contributed by atoms with E-state index in [0.717, 1.165) is 36.8 Å². The van der Waals surface area contributed by atoms with Crippen molar-refractivity contribution < 1.29 is 4.74 Å². The Morgan fingerprint density at radius 2 is 2.00 bits per heavy atom. The highest BCUT2D eigenvalue weighted by Gasteiger charge is 2.12. The summed E-state index contributed by atoms with van der Waals surface area (Å²) >= 11 is 1.75. The van der Waals surface area contributed by atoms with Crippen molar-refractivity contribution in [3.63, 3.8) is 0 Å². The normalized spacial score (nSPS) is 10.9. The molecule has 1 N–H and O–H groups in total. The lowest BCUT2D eigenvalue weighted by Gasteiger charge is -2.02. The molecule has 2 aromatic rings. The van der Waals surface area contributed by atoms with Gasteiger partial charge in [0.15, 0.2) is 0 Å². The molecule has 2 rings (SSSR count). The maximum atomic E-state index is 5.61. The van der Waals surface area contributed by atoms with Crippen molar-refractivity contribution in [3.05, 3.63) is 40.2 Å². The summed E-state index contributed by atoms with van der Waals surface area (Å²) in [5.41, 5.74) is 2.27. The molecule has 108 valence electrons. The first-order valence-electron chi connectivity index (χ1n) is 7.17. The molecule has 0 unspecified atom stereocenters. The quantitative estimate of drug-likeness (QED) is 0.750. The smallest absolute Gasteiger partial charge is 0.119 e. The van der Waals surface area contributed by atoms with Crippen LogP contribution in [0, 0.1) is 0 Å². The zero-order valence-electron chi connectivity index (χ0n) is 12.2. The molecule has 0 saturated carbocycles. The lowest BCUT2D eigenvalue weighted by atomic mass is 10.1. The molecule has 0 spiro atoms. The number of rotatable bonds is 8. The van der Waals surface area contributed by atoms with Crippen LogP contribution in [0.1, 0.15) is 30.2 Å². The van der Waals surface area contributed by atoms with Crippen LogP contribution >= 0.6 is 11.3 Å². The van der Waals surface area contributed by atoms with E-state index in [0.29, 0.717) is 6.61 Å². The molecule has 0 aliphatic heterocycles. The first-order chi connectivity index (χ1) is 9.85. The third-order valence-electron chi connectivity index (χ3n) is 2.90. The zero-order valence-corrected chi connectivity index (χ0v) is 13.0. The van der Waals surface area contributed by atoms with Gasteiger partial charge >= 0.3 is 0 Å². The molecule has 1 heterocycles. The molecule has 0 aliphatic carbocycles. The first kappa shape index (κ1) is 15.2. The lowest BCUT2D eigenvalue weighted by Crippen LogP contribution is -2.11. The van der Waals surface area contributed by atoms with E-state index in [1.807, 2.05) is 6.07 Å². The predicted octanol–water partition coefficient (Wildman–Crippen LogP) is 3.85. The minimum absolute atomic E-state index is 0.616. The van der Waals surface area contributed by atoms with Crippen molar-refractivity contribution in [3.8, 4) is 11.3 Å². The number of nitrogens with one attached hydrogen (secondary N) is 1. The van der Waals surface area contributed by atoms with Crippen LogP contribution in [0.5, 0.6) is 0 Å². The third kappa shape index (κ3) is 4.13. The van der Waals surface area contributed by atoms with E-state index in [4.69, 9.17) is 9.72 Å². The van der Waals surface area contributed by atoms with Gasteiger partial charge in [-0.1, -0.05) is 44.2 Å². The Hall–Kier alpha value is -1.23. The molecule has 0 fully saturated rings. The van der Waals surface area contributed by atoms with E-state index in [-0.39, 0.29) is 0 Å². The van der Waals surface area contributed by atoms with E-state index < -0.39 is 0 Å². The predicted molar refractivity (Wildman–Crippen MR) is 84.9 cm³/mol. The van der Waals surface area contributed by atoms with Crippen LogP contribution in [0.2, 0.25) is 0 Å². The fourth-order valence-electron chi connectivity index (χ4n) is 1.95. The van der Waals surface area contributed by atoms with Gasteiger partial charge in [-0.2, -0.15) is 0 Å². The van der Waals surface area contributed by atoms with Gasteiger partial charge in [-0.15, -0.1) is 11.3 Å². The van der Waals surface area contributed by atoms with Gasteiger partial charge in [0.2, 0.25) is 0 Å². The van der Waals surface area contributed by atoms with Crippen molar-refractivity contribution >= 4 is 11.3 Å². The third-order valence-corrected chi connectivity index (χ3v) is 3.93. The Bertz CT molecular complexity index is 510. The van der Waals surface area contributed by atoms with Crippen molar-refractivity contribution in [1.82, 2.24) is 10.3 Å². The molecule has 0 amide bonds. The average molecular weight is 290 g/mol. The SMILES string of the molecule is CCCOCc1nc(-c2ccccc2)c(CNCC)s1. The van der Waals surface area contributed by atoms with E-state index in [9.17, 15) is 0 Å². The summed E-state index contributed by atoms with van der Waals surface area (Å²) in [4.78, 5) is 6.04. The number of aromatic nitrogens is 1. The highest BCUT2D eigenvalue weighted by Crippen LogP contribution is 2.28. The van der Waals surface area contributed by atoms with Crippen molar-refractivity contribution in [2.75, 3.05) is 13.2 Å². The van der Waals surface area contributed by atoms with Gasteiger partial charge in [0.1, 0.15) is 5.01 Å². The number of hydrogen-bond acceptors (Lipinski definition) is 4. The van der Waals surface area contributed by atoms with E-state index >= 15 is 0 Å². The molecule has 1 aromatic carbocycles. The van der Waals surface area contributed by atoms with Crippen LogP contribution in [0.3, 0.4) is 0 Å². The van der Waals surface area contributed by atoms with E-state index in [1.54, 1.807) is 11.3 Å². The van der Waals surface area contributed by atoms with Gasteiger partial charge < -0.3 is 10.1 Å². The van der Waals surface area contributed by atoms with Crippen molar-refractivity contribution in [1.29, 1.82) is 0 Å². The summed E-state index contributed by atoms with van der Waals surface area (Å²) in [6.45, 7) is 7.48. The van der Waals surface area contributed by atoms with Crippen LogP contribution < -0.4 is 5.32 Å². The Balaban J connectivity index is 2.19. The second kappa shape index (κ2) is 8.15. The molecular weight excluding hydrogens is 268 g/mol. The van der Waals surface area contributed by atoms with Crippen LogP contribution in [-0.4, -0.2) is 18.1 Å². The van der Waals surface area contributed by atoms with Crippen LogP contribution in [0.15, 0.2) is 30.3 Å². The number of ether oxygens (including phenoxy) is 1. The Morgan fingerprint density at radius 1 is 1.20 bits per heavy atom. The van der Waals surface area contributed by atoms with Crippen molar-refractivity contribution in [2.45, 2.75) is 33.4 Å². The maximum Gasteiger partial charge on any atom is 0.119 e.